The summed E-state index contributed by atoms with van der Waals surface area (Å²) in [5.41, 5.74) is 0.338. The fourth-order valence-electron chi connectivity index (χ4n) is 4.05. The summed E-state index contributed by atoms with van der Waals surface area (Å²) in [6.07, 6.45) is 0.128. The van der Waals surface area contributed by atoms with Crippen molar-refractivity contribution in [3.8, 4) is 11.5 Å². The lowest BCUT2D eigenvalue weighted by atomic mass is 10.1. The number of anilines is 1. The zero-order valence-corrected chi connectivity index (χ0v) is 20.2. The van der Waals surface area contributed by atoms with Crippen LogP contribution in [-0.2, 0) is 0 Å². The average molecular weight is 511 g/mol. The summed E-state index contributed by atoms with van der Waals surface area (Å²) in [4.78, 5) is 26.3. The number of rotatable bonds is 10. The van der Waals surface area contributed by atoms with Crippen LogP contribution in [0, 0.1) is 0 Å². The van der Waals surface area contributed by atoms with Crippen LogP contribution in [0.25, 0.3) is 0 Å². The number of hydrogen-bond donors (Lipinski definition) is 3. The highest BCUT2D eigenvalue weighted by Gasteiger charge is 2.26. The molecule has 2 unspecified atom stereocenters. The number of para-hydroxylation sites is 2. The Morgan fingerprint density at radius 3 is 2.47 bits per heavy atom. The highest BCUT2D eigenvalue weighted by atomic mass is 35.5. The van der Waals surface area contributed by atoms with Crippen molar-refractivity contribution in [3.05, 3.63) is 88.9 Å². The van der Waals surface area contributed by atoms with E-state index in [0.717, 1.165) is 18.7 Å². The highest BCUT2D eigenvalue weighted by molar-refractivity contribution is 6.30. The molecule has 2 atom stereocenters. The van der Waals surface area contributed by atoms with Crippen molar-refractivity contribution in [1.82, 2.24) is 4.90 Å². The Balaban J connectivity index is 1.29. The molecule has 3 N–H and O–H groups in total. The summed E-state index contributed by atoms with van der Waals surface area (Å²) in [5, 5.41) is 23.3. The van der Waals surface area contributed by atoms with Gasteiger partial charge in [-0.3, -0.25) is 9.69 Å². The molecule has 3 aromatic carbocycles. The smallest absolute Gasteiger partial charge is 0.336 e. The van der Waals surface area contributed by atoms with E-state index in [1.165, 1.54) is 12.1 Å². The molecular formula is C27H27ClN2O6. The van der Waals surface area contributed by atoms with E-state index in [9.17, 15) is 19.8 Å². The molecule has 9 heteroatoms. The standard InChI is InChI=1S/C27H27ClN2O6/c28-18-9-11-20(12-10-18)36-21-13-14-30(16-21)15-19(31)17-35-25-8-4-3-7-24(25)29-26(32)22-5-1-2-6-23(22)27(33)34/h1-12,19,21,31H,13-17H2,(H,29,32)(H,33,34). The van der Waals surface area contributed by atoms with Crippen molar-refractivity contribution >= 4 is 29.2 Å². The number of nitrogens with zero attached hydrogens (tertiary/aromatic N) is 1. The maximum absolute atomic E-state index is 12.7. The van der Waals surface area contributed by atoms with E-state index in [-0.39, 0.29) is 23.8 Å². The number of aliphatic hydroxyl groups excluding tert-OH is 1. The number of nitrogens with one attached hydrogen (secondary N) is 1. The first kappa shape index (κ1) is 25.5. The number of aliphatic hydroxyl groups is 1. The molecule has 0 aliphatic carbocycles. The molecule has 0 bridgehead atoms. The van der Waals surface area contributed by atoms with Gasteiger partial charge in [0.15, 0.2) is 0 Å². The van der Waals surface area contributed by atoms with Gasteiger partial charge >= 0.3 is 5.97 Å². The molecule has 8 nitrogen and oxygen atoms in total. The molecule has 1 heterocycles. The molecule has 1 saturated heterocycles. The molecule has 1 amide bonds. The van der Waals surface area contributed by atoms with Crippen molar-refractivity contribution in [1.29, 1.82) is 0 Å². The van der Waals surface area contributed by atoms with Gasteiger partial charge in [-0.1, -0.05) is 35.9 Å². The van der Waals surface area contributed by atoms with Crippen LogP contribution in [0.1, 0.15) is 27.1 Å². The Morgan fingerprint density at radius 1 is 1.03 bits per heavy atom. The van der Waals surface area contributed by atoms with Gasteiger partial charge in [0.2, 0.25) is 0 Å². The van der Waals surface area contributed by atoms with E-state index >= 15 is 0 Å². The van der Waals surface area contributed by atoms with E-state index in [4.69, 9.17) is 21.1 Å². The number of β-amino-alcohol motifs (C(OH)–C–C–N with tert-alkyl or cyclic N) is 1. The summed E-state index contributed by atoms with van der Waals surface area (Å²) in [6.45, 7) is 1.93. The second-order valence-electron chi connectivity index (χ2n) is 8.51. The lowest BCUT2D eigenvalue weighted by molar-refractivity contribution is 0.0691. The van der Waals surface area contributed by atoms with Crippen molar-refractivity contribution in [2.24, 2.45) is 0 Å². The molecular weight excluding hydrogens is 484 g/mol. The van der Waals surface area contributed by atoms with Gasteiger partial charge in [0.1, 0.15) is 30.3 Å². The second-order valence-corrected chi connectivity index (χ2v) is 8.94. The van der Waals surface area contributed by atoms with Crippen molar-refractivity contribution < 1.29 is 29.3 Å². The number of hydrogen-bond acceptors (Lipinski definition) is 6. The first-order valence-corrected chi connectivity index (χ1v) is 11.9. The van der Waals surface area contributed by atoms with Gasteiger partial charge in [0.05, 0.1) is 16.8 Å². The van der Waals surface area contributed by atoms with E-state index in [1.54, 1.807) is 48.5 Å². The number of ether oxygens (including phenoxy) is 2. The average Bonchev–Trinajstić information content (AvgIpc) is 3.31. The Hall–Kier alpha value is -3.59. The SMILES string of the molecule is O=C(O)c1ccccc1C(=O)Nc1ccccc1OCC(O)CN1CCC(Oc2ccc(Cl)cc2)C1. The molecule has 188 valence electrons. The van der Waals surface area contributed by atoms with Crippen LogP contribution in [0.5, 0.6) is 11.5 Å². The molecule has 1 fully saturated rings. The van der Waals surface area contributed by atoms with Crippen LogP contribution in [0.15, 0.2) is 72.8 Å². The van der Waals surface area contributed by atoms with Crippen LogP contribution in [0.2, 0.25) is 5.02 Å². The first-order chi connectivity index (χ1) is 17.4. The minimum absolute atomic E-state index is 0.0256. The third-order valence-electron chi connectivity index (χ3n) is 5.78. The fourth-order valence-corrected chi connectivity index (χ4v) is 4.18. The summed E-state index contributed by atoms with van der Waals surface area (Å²) < 4.78 is 11.8. The minimum atomic E-state index is -1.18. The van der Waals surface area contributed by atoms with Gasteiger partial charge in [-0.2, -0.15) is 0 Å². The van der Waals surface area contributed by atoms with Crippen LogP contribution in [0.4, 0.5) is 5.69 Å². The van der Waals surface area contributed by atoms with Gasteiger partial charge in [-0.15, -0.1) is 0 Å². The van der Waals surface area contributed by atoms with Crippen LogP contribution in [-0.4, -0.2) is 65.4 Å². The molecule has 36 heavy (non-hydrogen) atoms. The fraction of sp³-hybridized carbons (Fsp3) is 0.259. The lowest BCUT2D eigenvalue weighted by Crippen LogP contribution is -2.35. The van der Waals surface area contributed by atoms with Crippen LogP contribution in [0.3, 0.4) is 0 Å². The zero-order valence-electron chi connectivity index (χ0n) is 19.5. The molecule has 0 spiro atoms. The molecule has 0 aromatic heterocycles. The summed E-state index contributed by atoms with van der Waals surface area (Å²) >= 11 is 5.92. The number of amides is 1. The highest BCUT2D eigenvalue weighted by Crippen LogP contribution is 2.26. The molecule has 0 radical (unpaired) electrons. The number of carbonyl (C=O) groups is 2. The zero-order chi connectivity index (χ0) is 25.5. The molecule has 0 saturated carbocycles. The predicted octanol–water partition coefficient (Wildman–Crippen LogP) is 4.18. The molecule has 4 rings (SSSR count). The number of benzene rings is 3. The molecule has 1 aliphatic rings. The van der Waals surface area contributed by atoms with Crippen molar-refractivity contribution in [2.45, 2.75) is 18.6 Å². The third kappa shape index (κ3) is 6.75. The van der Waals surface area contributed by atoms with Crippen molar-refractivity contribution in [2.75, 3.05) is 31.6 Å². The predicted molar refractivity (Wildman–Crippen MR) is 136 cm³/mol. The van der Waals surface area contributed by atoms with Crippen LogP contribution < -0.4 is 14.8 Å². The normalized spacial score (nSPS) is 16.3. The topological polar surface area (TPSA) is 108 Å². The Bertz CT molecular complexity index is 1200. The molecule has 1 aliphatic heterocycles. The Labute approximate surface area is 214 Å². The Morgan fingerprint density at radius 2 is 1.72 bits per heavy atom. The number of carboxylic acid groups (broad SMARTS) is 1. The van der Waals surface area contributed by atoms with Gasteiger partial charge in [-0.05, 0) is 55.0 Å². The monoisotopic (exact) mass is 510 g/mol. The molecule has 3 aromatic rings. The quantitative estimate of drug-likeness (QED) is 0.375. The summed E-state index contributed by atoms with van der Waals surface area (Å²) in [7, 11) is 0. The Kier molecular flexibility index (Phi) is 8.43. The number of carboxylic acids is 1. The number of halogens is 1. The third-order valence-corrected chi connectivity index (χ3v) is 6.04. The van der Waals surface area contributed by atoms with Gasteiger partial charge < -0.3 is 25.0 Å². The number of carbonyl (C=O) groups excluding carboxylic acids is 1. The van der Waals surface area contributed by atoms with E-state index in [1.807, 2.05) is 12.1 Å². The maximum Gasteiger partial charge on any atom is 0.336 e. The maximum atomic E-state index is 12.7. The van der Waals surface area contributed by atoms with Crippen molar-refractivity contribution in [3.63, 3.8) is 0 Å². The second kappa shape index (κ2) is 11.9. The first-order valence-electron chi connectivity index (χ1n) is 11.6. The summed E-state index contributed by atoms with van der Waals surface area (Å²) in [6, 6.07) is 20.0. The van der Waals surface area contributed by atoms with E-state index in [0.29, 0.717) is 29.5 Å². The number of likely N-dealkylation sites (tertiary alicyclic amines) is 1. The van der Waals surface area contributed by atoms with Gasteiger partial charge in [0, 0.05) is 24.7 Å². The van der Waals surface area contributed by atoms with Gasteiger partial charge in [0.25, 0.3) is 5.91 Å². The van der Waals surface area contributed by atoms with Crippen LogP contribution >= 0.6 is 11.6 Å². The minimum Gasteiger partial charge on any atom is -0.489 e. The lowest BCUT2D eigenvalue weighted by Gasteiger charge is -2.21. The number of aromatic carboxylic acids is 1. The summed E-state index contributed by atoms with van der Waals surface area (Å²) in [5.74, 6) is -0.604. The van der Waals surface area contributed by atoms with Gasteiger partial charge in [-0.25, -0.2) is 4.79 Å². The van der Waals surface area contributed by atoms with E-state index in [2.05, 4.69) is 10.2 Å². The van der Waals surface area contributed by atoms with E-state index < -0.39 is 18.0 Å². The largest absolute Gasteiger partial charge is 0.489 e.